The summed E-state index contributed by atoms with van der Waals surface area (Å²) in [5.41, 5.74) is 6.86. The van der Waals surface area contributed by atoms with Gasteiger partial charge in [0.15, 0.2) is 0 Å². The van der Waals surface area contributed by atoms with Crippen molar-refractivity contribution in [3.05, 3.63) is 82.5 Å². The van der Waals surface area contributed by atoms with Crippen LogP contribution in [0.15, 0.2) is 61.1 Å². The maximum Gasteiger partial charge on any atom is 0.237 e. The molecule has 0 amide bonds. The maximum absolute atomic E-state index is 7.12. The lowest BCUT2D eigenvalue weighted by Gasteiger charge is -2.45. The predicted octanol–water partition coefficient (Wildman–Crippen LogP) is 7.25. The van der Waals surface area contributed by atoms with Gasteiger partial charge in [-0.1, -0.05) is 80.0 Å². The largest absolute Gasteiger partial charge is 0.480 e. The summed E-state index contributed by atoms with van der Waals surface area (Å²) in [5.74, 6) is 0.953. The lowest BCUT2D eigenvalue weighted by Crippen LogP contribution is -2.59. The minimum Gasteiger partial charge on any atom is -0.480 e. The fraction of sp³-hybridized carbons (Fsp3) is 0.436. The van der Waals surface area contributed by atoms with E-state index in [1.165, 1.54) is 12.8 Å². The van der Waals surface area contributed by atoms with E-state index in [1.54, 1.807) is 26.6 Å². The van der Waals surface area contributed by atoms with Gasteiger partial charge in [-0.15, -0.1) is 0 Å². The van der Waals surface area contributed by atoms with E-state index in [4.69, 9.17) is 52.6 Å². The third-order valence-corrected chi connectivity index (χ3v) is 10.4. The minimum absolute atomic E-state index is 0.367. The molecule has 2 fully saturated rings. The summed E-state index contributed by atoms with van der Waals surface area (Å²) in [6, 6.07) is 12.6. The van der Waals surface area contributed by atoms with Crippen molar-refractivity contribution in [1.82, 2.24) is 40.4 Å². The van der Waals surface area contributed by atoms with Crippen molar-refractivity contribution in [3.8, 4) is 45.4 Å². The molecule has 270 valence electrons. The van der Waals surface area contributed by atoms with Gasteiger partial charge in [-0.05, 0) is 38.8 Å². The molecule has 51 heavy (non-hydrogen) atoms. The number of nitrogens with zero attached hydrogens (tertiary/aromatic N) is 6. The van der Waals surface area contributed by atoms with E-state index in [0.717, 1.165) is 84.9 Å². The van der Waals surface area contributed by atoms with Crippen LogP contribution in [0.1, 0.15) is 50.9 Å². The van der Waals surface area contributed by atoms with Gasteiger partial charge < -0.3 is 20.1 Å². The van der Waals surface area contributed by atoms with E-state index in [2.05, 4.69) is 40.9 Å². The highest BCUT2D eigenvalue weighted by atomic mass is 35.5. The number of nitrogens with one attached hydrogen (secondary N) is 2. The molecule has 0 aliphatic carbocycles. The standard InChI is InChI=1S/C39H48Cl2N8O2/c1-6-16-49(17-7-2)27-22-48(23-27)24-35-39(51-5)47-33(21-44-35)31-13-9-11-29(37(31)41)28-10-8-12-30(36(28)40)32-20-43-34(38(46-32)50-4)19-42-18-26-15-14-25(3)45-26/h8-13,20-21,26-27,42,45H,3,6-7,14-19,22-24H2,1-2,4-5H3/t26-/m0/s1. The van der Waals surface area contributed by atoms with Crippen molar-refractivity contribution < 1.29 is 9.47 Å². The number of halogens is 2. The fourth-order valence-corrected chi connectivity index (χ4v) is 7.60. The minimum atomic E-state index is 0.367. The SMILES string of the molecule is C=C1CC[C@@H](CNCc2ncc(-c3cccc(-c4cccc(-c5cnc(CN6CC(N(CCC)CCC)C6)c(OC)n5)c4Cl)c3Cl)nc2OC)N1. The smallest absolute Gasteiger partial charge is 0.237 e. The molecule has 2 aromatic heterocycles. The molecule has 0 spiro atoms. The van der Waals surface area contributed by atoms with E-state index >= 15 is 0 Å². The van der Waals surface area contributed by atoms with E-state index in [9.17, 15) is 0 Å². The van der Waals surface area contributed by atoms with Gasteiger partial charge in [0.25, 0.3) is 0 Å². The van der Waals surface area contributed by atoms with Crippen molar-refractivity contribution in [3.63, 3.8) is 0 Å². The van der Waals surface area contributed by atoms with Crippen LogP contribution in [-0.4, -0.2) is 88.8 Å². The molecule has 10 nitrogen and oxygen atoms in total. The summed E-state index contributed by atoms with van der Waals surface area (Å²) in [6.45, 7) is 14.9. The molecule has 2 saturated heterocycles. The zero-order valence-electron chi connectivity index (χ0n) is 30.0. The van der Waals surface area contributed by atoms with Crippen molar-refractivity contribution >= 4 is 23.2 Å². The van der Waals surface area contributed by atoms with Gasteiger partial charge in [0, 0.05) is 72.8 Å². The van der Waals surface area contributed by atoms with Crippen molar-refractivity contribution in [2.24, 2.45) is 0 Å². The van der Waals surface area contributed by atoms with Gasteiger partial charge in [-0.3, -0.25) is 19.8 Å². The Morgan fingerprint density at radius 1 is 0.863 bits per heavy atom. The molecule has 2 aliphatic heterocycles. The second-order valence-electron chi connectivity index (χ2n) is 13.3. The van der Waals surface area contributed by atoms with Crippen LogP contribution in [0.3, 0.4) is 0 Å². The Morgan fingerprint density at radius 3 is 1.94 bits per heavy atom. The summed E-state index contributed by atoms with van der Waals surface area (Å²) in [5, 5.41) is 7.88. The van der Waals surface area contributed by atoms with Crippen LogP contribution in [0.5, 0.6) is 11.8 Å². The number of likely N-dealkylation sites (tertiary alicyclic amines) is 1. The molecule has 0 saturated carbocycles. The number of aromatic nitrogens is 4. The van der Waals surface area contributed by atoms with E-state index in [-0.39, 0.29) is 0 Å². The molecule has 2 N–H and O–H groups in total. The second kappa shape index (κ2) is 17.1. The van der Waals surface area contributed by atoms with Gasteiger partial charge in [-0.2, -0.15) is 0 Å². The monoisotopic (exact) mass is 730 g/mol. The molecule has 6 rings (SSSR count). The van der Waals surface area contributed by atoms with Crippen molar-refractivity contribution in [1.29, 1.82) is 0 Å². The van der Waals surface area contributed by atoms with Gasteiger partial charge in [-0.25, -0.2) is 9.97 Å². The van der Waals surface area contributed by atoms with Crippen LogP contribution in [0.25, 0.3) is 33.6 Å². The molecule has 4 heterocycles. The molecule has 0 bridgehead atoms. The average molecular weight is 732 g/mol. The Labute approximate surface area is 311 Å². The fourth-order valence-electron chi connectivity index (χ4n) is 6.95. The molecular formula is C39H48Cl2N8O2. The first-order valence-corrected chi connectivity index (χ1v) is 18.6. The Hall–Kier alpha value is -3.80. The first-order chi connectivity index (χ1) is 24.8. The molecule has 4 aromatic rings. The topological polar surface area (TPSA) is 101 Å². The van der Waals surface area contributed by atoms with Crippen molar-refractivity contribution in [2.75, 3.05) is 46.9 Å². The Kier molecular flexibility index (Phi) is 12.4. The Bertz CT molecular complexity index is 1830. The molecule has 12 heteroatoms. The van der Waals surface area contributed by atoms with Gasteiger partial charge in [0.1, 0.15) is 11.4 Å². The highest BCUT2D eigenvalue weighted by molar-refractivity contribution is 6.39. The normalized spacial score (nSPS) is 16.4. The number of hydrogen-bond acceptors (Lipinski definition) is 10. The summed E-state index contributed by atoms with van der Waals surface area (Å²) in [7, 11) is 3.24. The number of methoxy groups -OCH3 is 2. The number of ether oxygens (including phenoxy) is 2. The summed E-state index contributed by atoms with van der Waals surface area (Å²) >= 11 is 14.2. The number of allylic oxidation sites excluding steroid dienone is 1. The van der Waals surface area contributed by atoms with Crippen LogP contribution in [0.4, 0.5) is 0 Å². The van der Waals surface area contributed by atoms with Crippen LogP contribution in [0, 0.1) is 0 Å². The molecular weight excluding hydrogens is 683 g/mol. The Balaban J connectivity index is 1.18. The van der Waals surface area contributed by atoms with Crippen LogP contribution >= 0.6 is 23.2 Å². The molecule has 1 atom stereocenters. The third kappa shape index (κ3) is 8.47. The van der Waals surface area contributed by atoms with Crippen LogP contribution in [-0.2, 0) is 13.1 Å². The van der Waals surface area contributed by atoms with E-state index in [1.807, 2.05) is 36.4 Å². The summed E-state index contributed by atoms with van der Waals surface area (Å²) in [6.07, 6.45) is 7.93. The number of benzene rings is 2. The summed E-state index contributed by atoms with van der Waals surface area (Å²) < 4.78 is 11.4. The zero-order valence-corrected chi connectivity index (χ0v) is 31.5. The first kappa shape index (κ1) is 37.0. The van der Waals surface area contributed by atoms with Crippen molar-refractivity contribution in [2.45, 2.75) is 64.7 Å². The zero-order chi connectivity index (χ0) is 35.9. The molecule has 0 radical (unpaired) electrons. The Morgan fingerprint density at radius 2 is 1.41 bits per heavy atom. The lowest BCUT2D eigenvalue weighted by atomic mass is 9.98. The quantitative estimate of drug-likeness (QED) is 0.123. The highest BCUT2D eigenvalue weighted by Gasteiger charge is 2.32. The number of hydrogen-bond donors (Lipinski definition) is 2. The van der Waals surface area contributed by atoms with Gasteiger partial charge >= 0.3 is 0 Å². The first-order valence-electron chi connectivity index (χ1n) is 17.8. The predicted molar refractivity (Wildman–Crippen MR) is 205 cm³/mol. The lowest BCUT2D eigenvalue weighted by molar-refractivity contribution is 0.0271. The second-order valence-corrected chi connectivity index (χ2v) is 14.0. The van der Waals surface area contributed by atoms with Gasteiger partial charge in [0.05, 0.1) is 48.0 Å². The van der Waals surface area contributed by atoms with Crippen LogP contribution < -0.4 is 20.1 Å². The maximum atomic E-state index is 7.12. The molecule has 2 aromatic carbocycles. The molecule has 0 unspecified atom stereocenters. The molecule has 2 aliphatic rings. The van der Waals surface area contributed by atoms with Gasteiger partial charge in [0.2, 0.25) is 11.8 Å². The van der Waals surface area contributed by atoms with E-state index < -0.39 is 0 Å². The summed E-state index contributed by atoms with van der Waals surface area (Å²) in [4.78, 5) is 24.1. The number of rotatable bonds is 16. The van der Waals surface area contributed by atoms with E-state index in [0.29, 0.717) is 58.4 Å². The van der Waals surface area contributed by atoms with Crippen LogP contribution in [0.2, 0.25) is 10.0 Å². The average Bonchev–Trinajstić information content (AvgIpc) is 3.54. The third-order valence-electron chi connectivity index (χ3n) is 9.58. The highest BCUT2D eigenvalue weighted by Crippen LogP contribution is 2.42.